The number of amides is 1. The second kappa shape index (κ2) is 5.79. The number of carbonyl (C=O) groups is 1. The summed E-state index contributed by atoms with van der Waals surface area (Å²) in [5.74, 6) is -1.19. The van der Waals surface area contributed by atoms with Crippen LogP contribution in [0.25, 0.3) is 0 Å². The molecule has 0 bridgehead atoms. The molecule has 6 heteroatoms. The maximum Gasteiger partial charge on any atom is 0.262 e. The average Bonchev–Trinajstić information content (AvgIpc) is 2.42. The van der Waals surface area contributed by atoms with Gasteiger partial charge < -0.3 is 15.8 Å². The molecule has 0 radical (unpaired) electrons. The van der Waals surface area contributed by atoms with E-state index in [0.29, 0.717) is 16.4 Å². The molecule has 2 rings (SSSR count). The van der Waals surface area contributed by atoms with Crippen molar-refractivity contribution in [2.75, 3.05) is 18.2 Å². The van der Waals surface area contributed by atoms with Crippen molar-refractivity contribution >= 4 is 28.9 Å². The molecular formula is C14H12ClFN2O2. The Morgan fingerprint density at radius 2 is 2.10 bits per heavy atom. The molecule has 104 valence electrons. The largest absolute Gasteiger partial charge is 0.496 e. The van der Waals surface area contributed by atoms with Gasteiger partial charge in [-0.25, -0.2) is 4.39 Å². The Kier molecular flexibility index (Phi) is 4.10. The van der Waals surface area contributed by atoms with Crippen LogP contribution in [0.1, 0.15) is 10.4 Å². The third-order valence-electron chi connectivity index (χ3n) is 2.69. The number of nitrogen functional groups attached to an aromatic ring is 1. The van der Waals surface area contributed by atoms with Crippen LogP contribution in [0.5, 0.6) is 5.75 Å². The molecule has 3 N–H and O–H groups in total. The average molecular weight is 295 g/mol. The van der Waals surface area contributed by atoms with Crippen LogP contribution in [0.4, 0.5) is 15.8 Å². The van der Waals surface area contributed by atoms with Crippen molar-refractivity contribution in [1.29, 1.82) is 0 Å². The van der Waals surface area contributed by atoms with E-state index in [1.54, 1.807) is 12.1 Å². The molecule has 0 aliphatic rings. The summed E-state index contributed by atoms with van der Waals surface area (Å²) in [6.07, 6.45) is 0. The lowest BCUT2D eigenvalue weighted by atomic mass is 10.1. The van der Waals surface area contributed by atoms with E-state index >= 15 is 0 Å². The van der Waals surface area contributed by atoms with Crippen LogP contribution in [-0.4, -0.2) is 13.0 Å². The van der Waals surface area contributed by atoms with Gasteiger partial charge in [0.25, 0.3) is 5.91 Å². The number of methoxy groups -OCH3 is 1. The summed E-state index contributed by atoms with van der Waals surface area (Å²) in [6.45, 7) is 0. The molecule has 0 aliphatic carbocycles. The van der Waals surface area contributed by atoms with Crippen molar-refractivity contribution in [2.24, 2.45) is 0 Å². The fourth-order valence-corrected chi connectivity index (χ4v) is 1.89. The van der Waals surface area contributed by atoms with Crippen LogP contribution >= 0.6 is 11.6 Å². The lowest BCUT2D eigenvalue weighted by molar-refractivity contribution is 0.102. The second-order valence-corrected chi connectivity index (χ2v) is 4.44. The molecule has 1 amide bonds. The number of rotatable bonds is 3. The number of hydrogen-bond donors (Lipinski definition) is 2. The number of benzene rings is 2. The van der Waals surface area contributed by atoms with Gasteiger partial charge in [-0.2, -0.15) is 0 Å². The van der Waals surface area contributed by atoms with Crippen LogP contribution < -0.4 is 15.8 Å². The smallest absolute Gasteiger partial charge is 0.262 e. The standard InChI is InChI=1S/C14H12ClFN2O2/c1-20-12-4-2-3-9(16)13(12)14(19)18-11-7-8(15)5-6-10(11)17/h2-7H,17H2,1H3,(H,18,19). The van der Waals surface area contributed by atoms with Gasteiger partial charge >= 0.3 is 0 Å². The van der Waals surface area contributed by atoms with E-state index in [0.717, 1.165) is 0 Å². The molecule has 0 fully saturated rings. The highest BCUT2D eigenvalue weighted by Gasteiger charge is 2.18. The Labute approximate surface area is 120 Å². The quantitative estimate of drug-likeness (QED) is 0.854. The lowest BCUT2D eigenvalue weighted by Gasteiger charge is -2.11. The minimum Gasteiger partial charge on any atom is -0.496 e. The van der Waals surface area contributed by atoms with E-state index in [1.165, 1.54) is 31.4 Å². The van der Waals surface area contributed by atoms with Crippen LogP contribution in [0, 0.1) is 5.82 Å². The van der Waals surface area contributed by atoms with Crippen LogP contribution in [-0.2, 0) is 0 Å². The van der Waals surface area contributed by atoms with Gasteiger partial charge in [0, 0.05) is 5.02 Å². The second-order valence-electron chi connectivity index (χ2n) is 4.00. The Hall–Kier alpha value is -2.27. The third-order valence-corrected chi connectivity index (χ3v) is 2.92. The van der Waals surface area contributed by atoms with E-state index in [1.807, 2.05) is 0 Å². The zero-order chi connectivity index (χ0) is 14.7. The molecule has 2 aromatic rings. The summed E-state index contributed by atoms with van der Waals surface area (Å²) in [5.41, 5.74) is 6.18. The van der Waals surface area contributed by atoms with Crippen LogP contribution in [0.3, 0.4) is 0 Å². The van der Waals surface area contributed by atoms with E-state index in [-0.39, 0.29) is 11.3 Å². The maximum atomic E-state index is 13.8. The molecular weight excluding hydrogens is 283 g/mol. The first kappa shape index (κ1) is 14.1. The van der Waals surface area contributed by atoms with Gasteiger partial charge in [0.2, 0.25) is 0 Å². The van der Waals surface area contributed by atoms with Gasteiger partial charge in [-0.1, -0.05) is 17.7 Å². The van der Waals surface area contributed by atoms with Crippen LogP contribution in [0.2, 0.25) is 5.02 Å². The van der Waals surface area contributed by atoms with E-state index in [2.05, 4.69) is 5.32 Å². The normalized spacial score (nSPS) is 10.2. The topological polar surface area (TPSA) is 64.3 Å². The van der Waals surface area contributed by atoms with Crippen molar-refractivity contribution in [1.82, 2.24) is 0 Å². The molecule has 4 nitrogen and oxygen atoms in total. The maximum absolute atomic E-state index is 13.8. The van der Waals surface area contributed by atoms with E-state index in [9.17, 15) is 9.18 Å². The molecule has 0 atom stereocenters. The minimum atomic E-state index is -0.678. The fraction of sp³-hybridized carbons (Fsp3) is 0.0714. The van der Waals surface area contributed by atoms with Gasteiger partial charge in [-0.3, -0.25) is 4.79 Å². The zero-order valence-corrected chi connectivity index (χ0v) is 11.4. The summed E-state index contributed by atoms with van der Waals surface area (Å²) in [4.78, 5) is 12.1. The molecule has 0 unspecified atom stereocenters. The Bertz CT molecular complexity index is 662. The highest BCUT2D eigenvalue weighted by molar-refractivity contribution is 6.31. The first-order valence-corrected chi connectivity index (χ1v) is 6.09. The predicted octanol–water partition coefficient (Wildman–Crippen LogP) is 3.32. The number of nitrogens with one attached hydrogen (secondary N) is 1. The van der Waals surface area contributed by atoms with Crippen molar-refractivity contribution < 1.29 is 13.9 Å². The number of nitrogens with two attached hydrogens (primary N) is 1. The predicted molar refractivity (Wildman–Crippen MR) is 76.8 cm³/mol. The summed E-state index contributed by atoms with van der Waals surface area (Å²) < 4.78 is 18.8. The monoisotopic (exact) mass is 294 g/mol. The molecule has 0 aliphatic heterocycles. The summed E-state index contributed by atoms with van der Waals surface area (Å²) in [7, 11) is 1.36. The Morgan fingerprint density at radius 3 is 2.80 bits per heavy atom. The SMILES string of the molecule is COc1cccc(F)c1C(=O)Nc1cc(Cl)ccc1N. The van der Waals surface area contributed by atoms with Gasteiger partial charge in [-0.05, 0) is 30.3 Å². The zero-order valence-electron chi connectivity index (χ0n) is 10.6. The summed E-state index contributed by atoms with van der Waals surface area (Å²) in [5, 5.41) is 2.93. The Morgan fingerprint density at radius 1 is 1.35 bits per heavy atom. The van der Waals surface area contributed by atoms with Gasteiger partial charge in [0.15, 0.2) is 0 Å². The van der Waals surface area contributed by atoms with E-state index in [4.69, 9.17) is 22.1 Å². The molecule has 0 heterocycles. The van der Waals surface area contributed by atoms with Crippen LogP contribution in [0.15, 0.2) is 36.4 Å². The lowest BCUT2D eigenvalue weighted by Crippen LogP contribution is -2.16. The highest BCUT2D eigenvalue weighted by Crippen LogP contribution is 2.26. The first-order valence-electron chi connectivity index (χ1n) is 5.72. The first-order chi connectivity index (χ1) is 9.52. The van der Waals surface area contributed by atoms with E-state index < -0.39 is 11.7 Å². The molecule has 0 saturated heterocycles. The summed E-state index contributed by atoms with van der Waals surface area (Å²) >= 11 is 5.83. The van der Waals surface area contributed by atoms with Gasteiger partial charge in [0.05, 0.1) is 18.5 Å². The summed E-state index contributed by atoms with van der Waals surface area (Å²) in [6, 6.07) is 8.77. The molecule has 0 saturated carbocycles. The van der Waals surface area contributed by atoms with Crippen molar-refractivity contribution in [3.8, 4) is 5.75 Å². The number of ether oxygens (including phenoxy) is 1. The van der Waals surface area contributed by atoms with Crippen molar-refractivity contribution in [3.63, 3.8) is 0 Å². The van der Waals surface area contributed by atoms with Crippen molar-refractivity contribution in [3.05, 3.63) is 52.8 Å². The van der Waals surface area contributed by atoms with Gasteiger partial charge in [0.1, 0.15) is 17.1 Å². The molecule has 0 spiro atoms. The minimum absolute atomic E-state index is 0.142. The number of carbonyl (C=O) groups excluding carboxylic acids is 1. The molecule has 20 heavy (non-hydrogen) atoms. The third kappa shape index (κ3) is 2.83. The highest BCUT2D eigenvalue weighted by atomic mass is 35.5. The number of hydrogen-bond acceptors (Lipinski definition) is 3. The number of anilines is 2. The Balaban J connectivity index is 2.36. The fourth-order valence-electron chi connectivity index (χ4n) is 1.72. The number of halogens is 2. The molecule has 0 aromatic heterocycles. The van der Waals surface area contributed by atoms with Gasteiger partial charge in [-0.15, -0.1) is 0 Å². The molecule has 2 aromatic carbocycles. The van der Waals surface area contributed by atoms with Crippen molar-refractivity contribution in [2.45, 2.75) is 0 Å².